The van der Waals surface area contributed by atoms with Gasteiger partial charge < -0.3 is 9.47 Å². The van der Waals surface area contributed by atoms with Gasteiger partial charge in [0.15, 0.2) is 0 Å². The van der Waals surface area contributed by atoms with E-state index < -0.39 is 5.95 Å². The Bertz CT molecular complexity index is 1340. The van der Waals surface area contributed by atoms with Crippen LogP contribution in [0.3, 0.4) is 0 Å². The number of aromatic nitrogens is 2. The van der Waals surface area contributed by atoms with Gasteiger partial charge in [-0.3, -0.25) is 4.79 Å². The minimum atomic E-state index is -0.497. The Morgan fingerprint density at radius 2 is 1.74 bits per heavy atom. The smallest absolute Gasteiger partial charge is 0.271 e. The summed E-state index contributed by atoms with van der Waals surface area (Å²) in [7, 11) is 1.89. The lowest BCUT2D eigenvalue weighted by Crippen LogP contribution is -2.36. The van der Waals surface area contributed by atoms with Crippen molar-refractivity contribution in [1.29, 1.82) is 0 Å². The highest BCUT2D eigenvalue weighted by Crippen LogP contribution is 2.54. The van der Waals surface area contributed by atoms with E-state index in [0.717, 1.165) is 40.8 Å². The first-order valence-corrected chi connectivity index (χ1v) is 10.4. The van der Waals surface area contributed by atoms with Gasteiger partial charge in [-0.25, -0.2) is 4.98 Å². The Hall–Kier alpha value is -3.73. The number of halogens is 1. The molecule has 2 aromatic heterocycles. The lowest BCUT2D eigenvalue weighted by Gasteiger charge is -2.27. The van der Waals surface area contributed by atoms with E-state index >= 15 is 0 Å². The third kappa shape index (κ3) is 2.59. The largest absolute Gasteiger partial charge is 0.331 e. The lowest BCUT2D eigenvalue weighted by molar-refractivity contribution is 0.0705. The Morgan fingerprint density at radius 1 is 0.935 bits per heavy atom. The second kappa shape index (κ2) is 6.38. The summed E-state index contributed by atoms with van der Waals surface area (Å²) in [6.45, 7) is 0. The number of rotatable bonds is 2. The normalized spacial score (nSPS) is 16.1. The maximum Gasteiger partial charge on any atom is 0.271 e. The zero-order valence-corrected chi connectivity index (χ0v) is 17.0. The van der Waals surface area contributed by atoms with Gasteiger partial charge in [-0.05, 0) is 48.2 Å². The summed E-state index contributed by atoms with van der Waals surface area (Å²) in [5.41, 5.74) is 5.59. The summed E-state index contributed by atoms with van der Waals surface area (Å²) in [5.74, 6) is -0.493. The van der Waals surface area contributed by atoms with E-state index in [2.05, 4.69) is 4.98 Å². The molecular formula is C26H20FN3O. The van der Waals surface area contributed by atoms with Gasteiger partial charge in [0.25, 0.3) is 5.91 Å². The molecule has 2 aromatic carbocycles. The van der Waals surface area contributed by atoms with E-state index in [4.69, 9.17) is 0 Å². The lowest BCUT2D eigenvalue weighted by atomic mass is 9.97. The molecule has 0 atom stereocenters. The molecule has 1 aliphatic heterocycles. The Kier molecular flexibility index (Phi) is 3.72. The van der Waals surface area contributed by atoms with Crippen LogP contribution in [-0.2, 0) is 5.54 Å². The van der Waals surface area contributed by atoms with Gasteiger partial charge in [0.2, 0.25) is 5.95 Å². The van der Waals surface area contributed by atoms with Crippen LogP contribution >= 0.6 is 0 Å². The first kappa shape index (κ1) is 18.1. The standard InChI is InChI=1S/C26H20FN3O/c1-29-25(31)23-15-19(17-6-3-2-4-7-17)16-30(23)22-14-18(20-8-5-13-28-24(20)27)9-10-21(22)26(29)11-12-26/h2-10,13-16H,11-12H2,1H3. The summed E-state index contributed by atoms with van der Waals surface area (Å²) in [4.78, 5) is 19.1. The topological polar surface area (TPSA) is 38.1 Å². The van der Waals surface area contributed by atoms with Gasteiger partial charge in [-0.15, -0.1) is 0 Å². The first-order valence-electron chi connectivity index (χ1n) is 10.4. The zero-order chi connectivity index (χ0) is 21.2. The molecule has 5 heteroatoms. The van der Waals surface area contributed by atoms with E-state index in [-0.39, 0.29) is 11.4 Å². The molecule has 0 N–H and O–H groups in total. The van der Waals surface area contributed by atoms with Crippen LogP contribution in [0.4, 0.5) is 4.39 Å². The Labute approximate surface area is 179 Å². The van der Waals surface area contributed by atoms with Crippen LogP contribution in [0.25, 0.3) is 27.9 Å². The number of nitrogens with zero attached hydrogens (tertiary/aromatic N) is 3. The highest BCUT2D eigenvalue weighted by molar-refractivity contribution is 5.97. The van der Waals surface area contributed by atoms with Crippen LogP contribution in [0.1, 0.15) is 28.9 Å². The zero-order valence-electron chi connectivity index (χ0n) is 17.0. The average Bonchev–Trinajstić information content (AvgIpc) is 3.50. The van der Waals surface area contributed by atoms with Crippen LogP contribution in [0.5, 0.6) is 0 Å². The molecule has 1 saturated carbocycles. The van der Waals surface area contributed by atoms with Crippen LogP contribution in [-0.4, -0.2) is 27.4 Å². The van der Waals surface area contributed by atoms with E-state index in [1.54, 1.807) is 12.1 Å². The Morgan fingerprint density at radius 3 is 2.48 bits per heavy atom. The SMILES string of the molecule is CN1C(=O)c2cc(-c3ccccc3)cn2-c2cc(-c3cccnc3F)ccc2C12CC2. The van der Waals surface area contributed by atoms with Gasteiger partial charge in [-0.1, -0.05) is 42.5 Å². The maximum absolute atomic E-state index is 14.4. The van der Waals surface area contributed by atoms with Gasteiger partial charge in [-0.2, -0.15) is 4.39 Å². The van der Waals surface area contributed by atoms with Crippen LogP contribution in [0, 0.1) is 5.95 Å². The van der Waals surface area contributed by atoms with Crippen molar-refractivity contribution >= 4 is 5.91 Å². The maximum atomic E-state index is 14.4. The number of pyridine rings is 1. The monoisotopic (exact) mass is 409 g/mol. The van der Waals surface area contributed by atoms with Gasteiger partial charge in [0.1, 0.15) is 5.69 Å². The van der Waals surface area contributed by atoms with Crippen molar-refractivity contribution in [2.45, 2.75) is 18.4 Å². The van der Waals surface area contributed by atoms with Gasteiger partial charge >= 0.3 is 0 Å². The first-order chi connectivity index (χ1) is 15.1. The van der Waals surface area contributed by atoms with Crippen LogP contribution in [0.2, 0.25) is 0 Å². The predicted octanol–water partition coefficient (Wildman–Crippen LogP) is 5.42. The molecular weight excluding hydrogens is 389 g/mol. The highest BCUT2D eigenvalue weighted by Gasteiger charge is 2.53. The summed E-state index contributed by atoms with van der Waals surface area (Å²) < 4.78 is 16.4. The van der Waals surface area contributed by atoms with E-state index in [9.17, 15) is 9.18 Å². The molecule has 2 aliphatic rings. The molecule has 4 nitrogen and oxygen atoms in total. The molecule has 4 aromatic rings. The van der Waals surface area contributed by atoms with Crippen molar-refractivity contribution in [3.05, 3.63) is 96.3 Å². The summed E-state index contributed by atoms with van der Waals surface area (Å²) in [6, 6.07) is 21.4. The fraction of sp³-hybridized carbons (Fsp3) is 0.154. The molecule has 3 heterocycles. The minimum Gasteiger partial charge on any atom is -0.331 e. The molecule has 0 bridgehead atoms. The van der Waals surface area contributed by atoms with Crippen molar-refractivity contribution in [3.8, 4) is 27.9 Å². The molecule has 1 amide bonds. The number of hydrogen-bond acceptors (Lipinski definition) is 2. The van der Waals surface area contributed by atoms with E-state index in [1.165, 1.54) is 6.20 Å². The third-order valence-corrected chi connectivity index (χ3v) is 6.65. The van der Waals surface area contributed by atoms with Crippen molar-refractivity contribution < 1.29 is 9.18 Å². The van der Waals surface area contributed by atoms with Gasteiger partial charge in [0, 0.05) is 36.1 Å². The molecule has 31 heavy (non-hydrogen) atoms. The minimum absolute atomic E-state index is 0.00462. The van der Waals surface area contributed by atoms with E-state index in [0.29, 0.717) is 11.3 Å². The number of fused-ring (bicyclic) bond motifs is 4. The van der Waals surface area contributed by atoms with Crippen molar-refractivity contribution in [1.82, 2.24) is 14.5 Å². The molecule has 0 radical (unpaired) electrons. The second-order valence-corrected chi connectivity index (χ2v) is 8.32. The number of carbonyl (C=O) groups is 1. The number of benzene rings is 2. The molecule has 6 rings (SSSR count). The number of hydrogen-bond donors (Lipinski definition) is 0. The fourth-order valence-electron chi connectivity index (χ4n) is 4.78. The number of carbonyl (C=O) groups excluding carboxylic acids is 1. The quantitative estimate of drug-likeness (QED) is 0.415. The Balaban J connectivity index is 1.61. The van der Waals surface area contributed by atoms with Crippen molar-refractivity contribution in [2.75, 3.05) is 7.05 Å². The van der Waals surface area contributed by atoms with Crippen LogP contribution < -0.4 is 0 Å². The molecule has 1 fully saturated rings. The molecule has 152 valence electrons. The molecule has 1 spiro atoms. The molecule has 1 aliphatic carbocycles. The second-order valence-electron chi connectivity index (χ2n) is 8.32. The predicted molar refractivity (Wildman–Crippen MR) is 117 cm³/mol. The summed E-state index contributed by atoms with van der Waals surface area (Å²) >= 11 is 0. The van der Waals surface area contributed by atoms with Crippen molar-refractivity contribution in [3.63, 3.8) is 0 Å². The molecule has 0 saturated heterocycles. The molecule has 0 unspecified atom stereocenters. The summed E-state index contributed by atoms with van der Waals surface area (Å²) in [6.07, 6.45) is 5.32. The fourth-order valence-corrected chi connectivity index (χ4v) is 4.78. The number of amides is 1. The third-order valence-electron chi connectivity index (χ3n) is 6.65. The van der Waals surface area contributed by atoms with Crippen molar-refractivity contribution in [2.24, 2.45) is 0 Å². The highest BCUT2D eigenvalue weighted by atomic mass is 19.1. The average molecular weight is 409 g/mol. The van der Waals surface area contributed by atoms with Gasteiger partial charge in [0.05, 0.1) is 11.2 Å². The van der Waals surface area contributed by atoms with E-state index in [1.807, 2.05) is 77.3 Å². The summed E-state index contributed by atoms with van der Waals surface area (Å²) in [5, 5.41) is 0. The van der Waals surface area contributed by atoms with Crippen LogP contribution in [0.15, 0.2) is 79.1 Å².